The Balaban J connectivity index is 2.15. The van der Waals surface area contributed by atoms with E-state index < -0.39 is 12.1 Å². The fourth-order valence-corrected chi connectivity index (χ4v) is 1.88. The van der Waals surface area contributed by atoms with Crippen molar-refractivity contribution in [2.75, 3.05) is 19.0 Å². The van der Waals surface area contributed by atoms with E-state index in [0.717, 1.165) is 0 Å². The number of amides is 1. The second-order valence-corrected chi connectivity index (χ2v) is 4.68. The van der Waals surface area contributed by atoms with E-state index in [0.29, 0.717) is 18.0 Å². The Hall–Kier alpha value is -2.74. The molecule has 1 aromatic heterocycles. The van der Waals surface area contributed by atoms with Crippen LogP contribution in [0.4, 0.5) is 5.69 Å². The predicted molar refractivity (Wildman–Crippen MR) is 82.4 cm³/mol. The normalized spacial score (nSPS) is 11.8. The van der Waals surface area contributed by atoms with Gasteiger partial charge in [-0.15, -0.1) is 5.10 Å². The van der Waals surface area contributed by atoms with Crippen LogP contribution in [0.5, 0.6) is 0 Å². The number of nitrogens with one attached hydrogen (secondary N) is 1. The van der Waals surface area contributed by atoms with E-state index in [1.165, 1.54) is 18.0 Å². The first-order valence-corrected chi connectivity index (χ1v) is 7.08. The molecule has 0 aliphatic carbocycles. The zero-order valence-electron chi connectivity index (χ0n) is 13.1. The van der Waals surface area contributed by atoms with Crippen molar-refractivity contribution in [2.45, 2.75) is 20.0 Å². The second kappa shape index (κ2) is 7.50. The molecule has 0 spiro atoms. The molecular formula is C15H18N4O4. The number of benzene rings is 1. The summed E-state index contributed by atoms with van der Waals surface area (Å²) in [5, 5.41) is 10.4. The van der Waals surface area contributed by atoms with Crippen molar-refractivity contribution in [3.8, 4) is 5.69 Å². The number of hydrogen-bond donors (Lipinski definition) is 1. The van der Waals surface area contributed by atoms with Gasteiger partial charge in [-0.25, -0.2) is 9.48 Å². The highest BCUT2D eigenvalue weighted by molar-refractivity contribution is 5.94. The topological polar surface area (TPSA) is 95.3 Å². The standard InChI is InChI=1S/C15H18N4O4/c1-4-23-10(2)14(20)16-11-6-5-7-12(8-11)19-9-13(17-18-19)15(21)22-3/h5-10H,4H2,1-3H3,(H,16,20)/t10-/m0/s1. The van der Waals surface area contributed by atoms with Gasteiger partial charge in [0, 0.05) is 12.3 Å². The van der Waals surface area contributed by atoms with Crippen molar-refractivity contribution >= 4 is 17.6 Å². The Labute approximate surface area is 133 Å². The number of anilines is 1. The van der Waals surface area contributed by atoms with E-state index in [-0.39, 0.29) is 11.6 Å². The van der Waals surface area contributed by atoms with Gasteiger partial charge in [0.1, 0.15) is 6.10 Å². The Bertz CT molecular complexity index is 698. The summed E-state index contributed by atoms with van der Waals surface area (Å²) in [7, 11) is 1.27. The minimum Gasteiger partial charge on any atom is -0.464 e. The zero-order valence-corrected chi connectivity index (χ0v) is 13.1. The van der Waals surface area contributed by atoms with E-state index in [9.17, 15) is 9.59 Å². The Morgan fingerprint density at radius 3 is 2.87 bits per heavy atom. The van der Waals surface area contributed by atoms with Gasteiger partial charge in [0.05, 0.1) is 19.0 Å². The van der Waals surface area contributed by atoms with Crippen LogP contribution in [0.15, 0.2) is 30.5 Å². The monoisotopic (exact) mass is 318 g/mol. The number of aromatic nitrogens is 3. The molecule has 1 heterocycles. The number of ether oxygens (including phenoxy) is 2. The van der Waals surface area contributed by atoms with E-state index in [1.807, 2.05) is 6.92 Å². The largest absolute Gasteiger partial charge is 0.464 e. The lowest BCUT2D eigenvalue weighted by Crippen LogP contribution is -2.27. The average molecular weight is 318 g/mol. The van der Waals surface area contributed by atoms with Crippen LogP contribution in [-0.2, 0) is 14.3 Å². The SMILES string of the molecule is CCO[C@@H](C)C(=O)Nc1cccc(-n2cc(C(=O)OC)nn2)c1. The van der Waals surface area contributed by atoms with E-state index in [4.69, 9.17) is 4.74 Å². The maximum atomic E-state index is 12.0. The number of rotatable bonds is 6. The molecule has 0 saturated heterocycles. The number of nitrogens with zero attached hydrogens (tertiary/aromatic N) is 3. The van der Waals surface area contributed by atoms with E-state index in [1.54, 1.807) is 31.2 Å². The van der Waals surface area contributed by atoms with Crippen LogP contribution in [0.1, 0.15) is 24.3 Å². The van der Waals surface area contributed by atoms with Crippen LogP contribution >= 0.6 is 0 Å². The molecule has 1 aromatic carbocycles. The van der Waals surface area contributed by atoms with Crippen molar-refractivity contribution in [1.29, 1.82) is 0 Å². The van der Waals surface area contributed by atoms with Crippen molar-refractivity contribution in [3.63, 3.8) is 0 Å². The van der Waals surface area contributed by atoms with Crippen LogP contribution in [0.3, 0.4) is 0 Å². The summed E-state index contributed by atoms with van der Waals surface area (Å²) < 4.78 is 11.3. The van der Waals surface area contributed by atoms with Gasteiger partial charge in [-0.1, -0.05) is 11.3 Å². The third-order valence-electron chi connectivity index (χ3n) is 3.05. The predicted octanol–water partition coefficient (Wildman–Crippen LogP) is 1.42. The van der Waals surface area contributed by atoms with Crippen LogP contribution in [0.2, 0.25) is 0 Å². The molecule has 2 aromatic rings. The molecular weight excluding hydrogens is 300 g/mol. The zero-order chi connectivity index (χ0) is 16.8. The van der Waals surface area contributed by atoms with Crippen LogP contribution in [0.25, 0.3) is 5.69 Å². The molecule has 122 valence electrons. The molecule has 23 heavy (non-hydrogen) atoms. The van der Waals surface area contributed by atoms with Gasteiger partial charge in [0.2, 0.25) is 0 Å². The summed E-state index contributed by atoms with van der Waals surface area (Å²) in [4.78, 5) is 23.3. The first-order chi connectivity index (χ1) is 11.0. The minimum atomic E-state index is -0.564. The fourth-order valence-electron chi connectivity index (χ4n) is 1.88. The summed E-state index contributed by atoms with van der Waals surface area (Å²) in [6, 6.07) is 7.00. The van der Waals surface area contributed by atoms with Crippen molar-refractivity contribution in [1.82, 2.24) is 15.0 Å². The molecule has 8 heteroatoms. The van der Waals surface area contributed by atoms with Gasteiger partial charge < -0.3 is 14.8 Å². The summed E-state index contributed by atoms with van der Waals surface area (Å²) >= 11 is 0. The smallest absolute Gasteiger partial charge is 0.360 e. The van der Waals surface area contributed by atoms with Gasteiger partial charge in [-0.05, 0) is 32.0 Å². The third-order valence-corrected chi connectivity index (χ3v) is 3.05. The Kier molecular flexibility index (Phi) is 5.42. The quantitative estimate of drug-likeness (QED) is 0.809. The maximum Gasteiger partial charge on any atom is 0.360 e. The summed E-state index contributed by atoms with van der Waals surface area (Å²) in [6.45, 7) is 3.97. The fraction of sp³-hybridized carbons (Fsp3) is 0.333. The molecule has 0 saturated carbocycles. The Morgan fingerprint density at radius 1 is 1.39 bits per heavy atom. The lowest BCUT2D eigenvalue weighted by Gasteiger charge is -2.12. The molecule has 0 unspecified atom stereocenters. The maximum absolute atomic E-state index is 12.0. The van der Waals surface area contributed by atoms with Crippen LogP contribution < -0.4 is 5.32 Å². The third kappa shape index (κ3) is 4.13. The van der Waals surface area contributed by atoms with Gasteiger partial charge in [-0.3, -0.25) is 4.79 Å². The number of methoxy groups -OCH3 is 1. The molecule has 1 atom stereocenters. The minimum absolute atomic E-state index is 0.104. The second-order valence-electron chi connectivity index (χ2n) is 4.68. The molecule has 0 aliphatic rings. The number of hydrogen-bond acceptors (Lipinski definition) is 6. The van der Waals surface area contributed by atoms with Crippen molar-refractivity contribution < 1.29 is 19.1 Å². The van der Waals surface area contributed by atoms with Gasteiger partial charge >= 0.3 is 5.97 Å². The molecule has 8 nitrogen and oxygen atoms in total. The lowest BCUT2D eigenvalue weighted by atomic mass is 10.2. The summed E-state index contributed by atoms with van der Waals surface area (Å²) in [5.74, 6) is -0.802. The molecule has 1 amide bonds. The number of esters is 1. The highest BCUT2D eigenvalue weighted by atomic mass is 16.5. The summed E-state index contributed by atoms with van der Waals surface area (Å²) in [5.41, 5.74) is 1.34. The summed E-state index contributed by atoms with van der Waals surface area (Å²) in [6.07, 6.45) is 0.913. The van der Waals surface area contributed by atoms with Gasteiger partial charge in [-0.2, -0.15) is 0 Å². The van der Waals surface area contributed by atoms with E-state index >= 15 is 0 Å². The Morgan fingerprint density at radius 2 is 2.17 bits per heavy atom. The molecule has 0 radical (unpaired) electrons. The molecule has 0 bridgehead atoms. The molecule has 0 fully saturated rings. The first kappa shape index (κ1) is 16.6. The molecule has 0 aliphatic heterocycles. The highest BCUT2D eigenvalue weighted by Crippen LogP contribution is 2.15. The van der Waals surface area contributed by atoms with Crippen molar-refractivity contribution in [2.24, 2.45) is 0 Å². The van der Waals surface area contributed by atoms with Crippen molar-refractivity contribution in [3.05, 3.63) is 36.2 Å². The molecule has 2 rings (SSSR count). The number of carbonyl (C=O) groups is 2. The van der Waals surface area contributed by atoms with Crippen LogP contribution in [0, 0.1) is 0 Å². The van der Waals surface area contributed by atoms with E-state index in [2.05, 4.69) is 20.4 Å². The van der Waals surface area contributed by atoms with Gasteiger partial charge in [0.15, 0.2) is 5.69 Å². The first-order valence-electron chi connectivity index (χ1n) is 7.08. The lowest BCUT2D eigenvalue weighted by molar-refractivity contribution is -0.126. The number of carbonyl (C=O) groups excluding carboxylic acids is 2. The van der Waals surface area contributed by atoms with Gasteiger partial charge in [0.25, 0.3) is 5.91 Å². The average Bonchev–Trinajstić information content (AvgIpc) is 3.04. The van der Waals surface area contributed by atoms with Crippen LogP contribution in [-0.4, -0.2) is 46.7 Å². The highest BCUT2D eigenvalue weighted by Gasteiger charge is 2.14. The molecule has 1 N–H and O–H groups in total.